The molecule has 2 amide bonds. The van der Waals surface area contributed by atoms with Crippen molar-refractivity contribution in [1.29, 1.82) is 0 Å². The average molecular weight is 359 g/mol. The van der Waals surface area contributed by atoms with Crippen LogP contribution in [0.5, 0.6) is 0 Å². The molecule has 0 spiro atoms. The van der Waals surface area contributed by atoms with Gasteiger partial charge in [0.05, 0.1) is 5.56 Å². The fraction of sp³-hybridized carbons (Fsp3) is 0.167. The highest BCUT2D eigenvalue weighted by atomic mass is 35.5. The summed E-state index contributed by atoms with van der Waals surface area (Å²) in [5.74, 6) is -1.16. The Balaban J connectivity index is 1.69. The van der Waals surface area contributed by atoms with Crippen LogP contribution in [0.25, 0.3) is 0 Å². The average Bonchev–Trinajstić information content (AvgIpc) is 2.56. The van der Waals surface area contributed by atoms with Crippen molar-refractivity contribution in [2.24, 2.45) is 0 Å². The largest absolute Gasteiger partial charge is 0.448 e. The van der Waals surface area contributed by atoms with Crippen molar-refractivity contribution < 1.29 is 19.1 Å². The number of anilines is 2. The topological polar surface area (TPSA) is 84.5 Å². The molecule has 25 heavy (non-hydrogen) atoms. The Bertz CT molecular complexity index is 849. The van der Waals surface area contributed by atoms with E-state index in [0.717, 1.165) is 5.56 Å². The lowest BCUT2D eigenvalue weighted by molar-refractivity contribution is -0.125. The molecule has 1 atom stereocenters. The zero-order valence-electron chi connectivity index (χ0n) is 13.3. The maximum atomic E-state index is 12.4. The van der Waals surface area contributed by atoms with Gasteiger partial charge in [-0.15, -0.1) is 0 Å². The minimum atomic E-state index is -0.906. The van der Waals surface area contributed by atoms with E-state index in [-0.39, 0.29) is 12.3 Å². The van der Waals surface area contributed by atoms with Gasteiger partial charge in [0, 0.05) is 29.7 Å². The van der Waals surface area contributed by atoms with E-state index in [9.17, 15) is 14.4 Å². The Morgan fingerprint density at radius 3 is 2.36 bits per heavy atom. The highest BCUT2D eigenvalue weighted by Crippen LogP contribution is 2.25. The Hall–Kier alpha value is -2.86. The molecule has 0 radical (unpaired) electrons. The molecule has 1 aliphatic heterocycles. The van der Waals surface area contributed by atoms with Gasteiger partial charge in [-0.1, -0.05) is 17.7 Å². The molecule has 0 fully saturated rings. The molecule has 7 heteroatoms. The second-order valence-corrected chi connectivity index (χ2v) is 6.08. The molecule has 0 unspecified atom stereocenters. The summed E-state index contributed by atoms with van der Waals surface area (Å²) in [6.07, 6.45) is -0.621. The number of esters is 1. The molecule has 1 aliphatic rings. The number of halogens is 1. The van der Waals surface area contributed by atoms with Gasteiger partial charge in [0.2, 0.25) is 5.91 Å². The number of cyclic esters (lactones) is 1. The SMILES string of the molecule is CC(=O)Nc1ccc(NC(=O)[C@H]2Cc3ccc(Cl)cc3C(=O)O2)cc1. The molecule has 0 aliphatic carbocycles. The predicted molar refractivity (Wildman–Crippen MR) is 93.7 cm³/mol. The number of ether oxygens (including phenoxy) is 1. The molecule has 6 nitrogen and oxygen atoms in total. The first kappa shape index (κ1) is 17.0. The van der Waals surface area contributed by atoms with Crippen molar-refractivity contribution in [2.45, 2.75) is 19.4 Å². The van der Waals surface area contributed by atoms with E-state index in [1.807, 2.05) is 0 Å². The van der Waals surface area contributed by atoms with Crippen molar-refractivity contribution in [3.05, 3.63) is 58.6 Å². The van der Waals surface area contributed by atoms with Gasteiger partial charge >= 0.3 is 5.97 Å². The summed E-state index contributed by atoms with van der Waals surface area (Å²) in [6, 6.07) is 11.6. The minimum Gasteiger partial charge on any atom is -0.448 e. The maximum absolute atomic E-state index is 12.4. The van der Waals surface area contributed by atoms with Crippen LogP contribution in [-0.2, 0) is 20.7 Å². The quantitative estimate of drug-likeness (QED) is 0.826. The first-order chi connectivity index (χ1) is 11.9. The number of rotatable bonds is 3. The smallest absolute Gasteiger partial charge is 0.339 e. The van der Waals surface area contributed by atoms with Crippen molar-refractivity contribution in [3.63, 3.8) is 0 Å². The van der Waals surface area contributed by atoms with Gasteiger partial charge in [-0.25, -0.2) is 4.79 Å². The van der Waals surface area contributed by atoms with Gasteiger partial charge in [-0.2, -0.15) is 0 Å². The number of benzene rings is 2. The first-order valence-corrected chi connectivity index (χ1v) is 7.98. The van der Waals surface area contributed by atoms with Crippen LogP contribution in [0.3, 0.4) is 0 Å². The minimum absolute atomic E-state index is 0.176. The van der Waals surface area contributed by atoms with Crippen LogP contribution in [0.15, 0.2) is 42.5 Å². The molecule has 2 aromatic carbocycles. The zero-order chi connectivity index (χ0) is 18.0. The summed E-state index contributed by atoms with van der Waals surface area (Å²) in [5, 5.41) is 5.78. The van der Waals surface area contributed by atoms with E-state index in [4.69, 9.17) is 16.3 Å². The number of nitrogens with one attached hydrogen (secondary N) is 2. The molecule has 3 rings (SSSR count). The van der Waals surface area contributed by atoms with Crippen LogP contribution in [0.1, 0.15) is 22.8 Å². The number of carbonyl (C=O) groups is 3. The van der Waals surface area contributed by atoms with E-state index in [1.54, 1.807) is 36.4 Å². The molecule has 0 aromatic heterocycles. The molecule has 0 saturated heterocycles. The first-order valence-electron chi connectivity index (χ1n) is 7.60. The van der Waals surface area contributed by atoms with Gasteiger partial charge < -0.3 is 15.4 Å². The highest BCUT2D eigenvalue weighted by molar-refractivity contribution is 6.31. The van der Waals surface area contributed by atoms with E-state index >= 15 is 0 Å². The van der Waals surface area contributed by atoms with Crippen molar-refractivity contribution in [2.75, 3.05) is 10.6 Å². The summed E-state index contributed by atoms with van der Waals surface area (Å²) in [4.78, 5) is 35.4. The standard InChI is InChI=1S/C18H15ClN2O4/c1-10(22)20-13-4-6-14(7-5-13)21-17(23)16-8-11-2-3-12(19)9-15(11)18(24)25-16/h2-7,9,16H,8H2,1H3,(H,20,22)(H,21,23)/t16-/m1/s1. The number of hydrogen-bond acceptors (Lipinski definition) is 4. The lowest BCUT2D eigenvalue weighted by Crippen LogP contribution is -2.38. The maximum Gasteiger partial charge on any atom is 0.339 e. The molecule has 0 bridgehead atoms. The van der Waals surface area contributed by atoms with Gasteiger partial charge in [0.15, 0.2) is 6.10 Å². The summed E-state index contributed by atoms with van der Waals surface area (Å²) >= 11 is 5.88. The van der Waals surface area contributed by atoms with Gasteiger partial charge in [0.1, 0.15) is 0 Å². The highest BCUT2D eigenvalue weighted by Gasteiger charge is 2.31. The monoisotopic (exact) mass is 358 g/mol. The molecule has 0 saturated carbocycles. The predicted octanol–water partition coefficient (Wildman–Crippen LogP) is 3.02. The molecule has 128 valence electrons. The fourth-order valence-corrected chi connectivity index (χ4v) is 2.73. The van der Waals surface area contributed by atoms with Crippen LogP contribution >= 0.6 is 11.6 Å². The lowest BCUT2D eigenvalue weighted by Gasteiger charge is -2.24. The lowest BCUT2D eigenvalue weighted by atomic mass is 9.98. The number of fused-ring (bicyclic) bond motifs is 1. The Morgan fingerprint density at radius 1 is 1.08 bits per heavy atom. The molecular weight excluding hydrogens is 344 g/mol. The third-order valence-corrected chi connectivity index (χ3v) is 3.95. The van der Waals surface area contributed by atoms with E-state index < -0.39 is 18.0 Å². The number of amides is 2. The van der Waals surface area contributed by atoms with Crippen molar-refractivity contribution >= 4 is 40.8 Å². The van der Waals surface area contributed by atoms with Crippen molar-refractivity contribution in [1.82, 2.24) is 0 Å². The van der Waals surface area contributed by atoms with E-state index in [1.165, 1.54) is 13.0 Å². The molecule has 1 heterocycles. The van der Waals surface area contributed by atoms with Gasteiger partial charge in [-0.05, 0) is 42.0 Å². The van der Waals surface area contributed by atoms with Gasteiger partial charge in [0.25, 0.3) is 5.91 Å². The van der Waals surface area contributed by atoms with Crippen molar-refractivity contribution in [3.8, 4) is 0 Å². The number of carbonyl (C=O) groups excluding carboxylic acids is 3. The second kappa shape index (κ2) is 6.94. The Morgan fingerprint density at radius 2 is 1.72 bits per heavy atom. The Kier molecular flexibility index (Phi) is 4.72. The summed E-state index contributed by atoms with van der Waals surface area (Å²) in [7, 11) is 0. The third kappa shape index (κ3) is 3.97. The molecule has 2 aromatic rings. The van der Waals surface area contributed by atoms with E-state index in [0.29, 0.717) is 22.0 Å². The van der Waals surface area contributed by atoms with Crippen LogP contribution in [0, 0.1) is 0 Å². The summed E-state index contributed by atoms with van der Waals surface area (Å²) in [5.41, 5.74) is 2.27. The second-order valence-electron chi connectivity index (χ2n) is 5.65. The van der Waals surface area contributed by atoms with Crippen LogP contribution < -0.4 is 10.6 Å². The zero-order valence-corrected chi connectivity index (χ0v) is 14.1. The van der Waals surface area contributed by atoms with Gasteiger partial charge in [-0.3, -0.25) is 9.59 Å². The summed E-state index contributed by atoms with van der Waals surface area (Å²) < 4.78 is 5.21. The molecule has 2 N–H and O–H groups in total. The van der Waals surface area contributed by atoms with Crippen LogP contribution in [0.2, 0.25) is 5.02 Å². The van der Waals surface area contributed by atoms with E-state index in [2.05, 4.69) is 10.6 Å². The van der Waals surface area contributed by atoms with Crippen LogP contribution in [-0.4, -0.2) is 23.9 Å². The molecular formula is C18H15ClN2O4. The fourth-order valence-electron chi connectivity index (χ4n) is 2.56. The Labute approximate surface area is 149 Å². The normalized spacial score (nSPS) is 15.8. The third-order valence-electron chi connectivity index (χ3n) is 3.71. The van der Waals surface area contributed by atoms with Crippen LogP contribution in [0.4, 0.5) is 11.4 Å². The number of hydrogen-bond donors (Lipinski definition) is 2. The summed E-state index contributed by atoms with van der Waals surface area (Å²) in [6.45, 7) is 1.41.